The Morgan fingerprint density at radius 1 is 0.917 bits per heavy atom. The Morgan fingerprint density at radius 2 is 1.38 bits per heavy atom. The van der Waals surface area contributed by atoms with Crippen molar-refractivity contribution in [1.82, 2.24) is 0 Å². The molecular formula is C14H13N2O7P. The fourth-order valence-electron chi connectivity index (χ4n) is 1.87. The number of nitro groups is 2. The van der Waals surface area contributed by atoms with Crippen LogP contribution in [-0.2, 0) is 15.3 Å². The van der Waals surface area contributed by atoms with E-state index in [4.69, 9.17) is 9.05 Å². The Kier molecular flexibility index (Phi) is 5.28. The van der Waals surface area contributed by atoms with Crippen molar-refractivity contribution in [1.29, 1.82) is 0 Å². The Balaban J connectivity index is 2.14. The van der Waals surface area contributed by atoms with E-state index in [0.717, 1.165) is 0 Å². The van der Waals surface area contributed by atoms with Gasteiger partial charge in [0.1, 0.15) is 5.75 Å². The van der Waals surface area contributed by atoms with E-state index in [1.54, 1.807) is 0 Å². The van der Waals surface area contributed by atoms with E-state index in [2.05, 4.69) is 0 Å². The first-order chi connectivity index (χ1) is 11.3. The molecule has 10 heteroatoms. The van der Waals surface area contributed by atoms with Crippen molar-refractivity contribution in [2.45, 2.75) is 6.16 Å². The van der Waals surface area contributed by atoms with Crippen molar-refractivity contribution in [3.8, 4) is 5.75 Å². The summed E-state index contributed by atoms with van der Waals surface area (Å²) in [7, 11) is -2.34. The lowest BCUT2D eigenvalue weighted by Crippen LogP contribution is -2.00. The van der Waals surface area contributed by atoms with Crippen molar-refractivity contribution in [2.24, 2.45) is 0 Å². The minimum absolute atomic E-state index is 0.0812. The molecule has 9 nitrogen and oxygen atoms in total. The molecule has 2 rings (SSSR count). The van der Waals surface area contributed by atoms with Gasteiger partial charge in [-0.05, 0) is 17.7 Å². The Bertz CT molecular complexity index is 726. The van der Waals surface area contributed by atoms with Gasteiger partial charge in [0.25, 0.3) is 11.4 Å². The van der Waals surface area contributed by atoms with Crippen LogP contribution >= 0.6 is 7.60 Å². The maximum absolute atomic E-state index is 12.6. The average molecular weight is 352 g/mol. The maximum atomic E-state index is 12.6. The third-order valence-electron chi connectivity index (χ3n) is 3.09. The molecule has 0 aliphatic heterocycles. The lowest BCUT2D eigenvalue weighted by molar-refractivity contribution is -0.385. The standard InChI is InChI=1S/C14H13N2O7P/c1-22-24(21,10-11-2-4-12(5-3-11)15(17)18)23-14-8-6-13(7-9-14)16(19)20/h2-9H,10H2,1H3. The molecule has 2 aromatic rings. The molecule has 0 saturated heterocycles. The first-order valence-electron chi connectivity index (χ1n) is 6.65. The van der Waals surface area contributed by atoms with E-state index < -0.39 is 17.4 Å². The number of non-ortho nitro benzene ring substituents is 2. The molecule has 0 spiro atoms. The molecule has 126 valence electrons. The van der Waals surface area contributed by atoms with Crippen molar-refractivity contribution >= 4 is 19.0 Å². The molecule has 0 fully saturated rings. The van der Waals surface area contributed by atoms with Crippen LogP contribution in [0, 0.1) is 20.2 Å². The van der Waals surface area contributed by atoms with E-state index in [0.29, 0.717) is 5.56 Å². The number of nitrogens with zero attached hydrogens (tertiary/aromatic N) is 2. The highest BCUT2D eigenvalue weighted by Crippen LogP contribution is 2.50. The summed E-state index contributed by atoms with van der Waals surface area (Å²) in [6.07, 6.45) is -0.0987. The number of nitro benzene ring substituents is 2. The summed E-state index contributed by atoms with van der Waals surface area (Å²) >= 11 is 0. The van der Waals surface area contributed by atoms with Gasteiger partial charge in [-0.15, -0.1) is 0 Å². The summed E-state index contributed by atoms with van der Waals surface area (Å²) in [5.41, 5.74) is 0.333. The second kappa shape index (κ2) is 7.20. The third-order valence-corrected chi connectivity index (χ3v) is 4.89. The second-order valence-corrected chi connectivity index (χ2v) is 6.80. The van der Waals surface area contributed by atoms with E-state index >= 15 is 0 Å². The average Bonchev–Trinajstić information content (AvgIpc) is 2.55. The van der Waals surface area contributed by atoms with Gasteiger partial charge in [0.15, 0.2) is 0 Å². The first-order valence-corrected chi connectivity index (χ1v) is 8.38. The Morgan fingerprint density at radius 3 is 1.79 bits per heavy atom. The van der Waals surface area contributed by atoms with Crippen LogP contribution in [0.2, 0.25) is 0 Å². The molecule has 0 aliphatic carbocycles. The van der Waals surface area contributed by atoms with Crippen molar-refractivity contribution in [2.75, 3.05) is 7.11 Å². The highest BCUT2D eigenvalue weighted by molar-refractivity contribution is 7.53. The SMILES string of the molecule is COP(=O)(Cc1ccc([N+](=O)[O-])cc1)Oc1ccc([N+](=O)[O-])cc1. The highest BCUT2D eigenvalue weighted by atomic mass is 31.2. The summed E-state index contributed by atoms with van der Waals surface area (Å²) in [6.45, 7) is 0. The molecule has 0 amide bonds. The molecule has 0 bridgehead atoms. The van der Waals surface area contributed by atoms with Gasteiger partial charge in [-0.2, -0.15) is 0 Å². The van der Waals surface area contributed by atoms with E-state index in [1.165, 1.54) is 55.6 Å². The number of hydrogen-bond donors (Lipinski definition) is 0. The fourth-order valence-corrected chi connectivity index (χ4v) is 3.24. The highest BCUT2D eigenvalue weighted by Gasteiger charge is 2.26. The summed E-state index contributed by atoms with van der Waals surface area (Å²) in [5.74, 6) is 0.160. The van der Waals surface area contributed by atoms with Gasteiger partial charge in [-0.25, -0.2) is 4.57 Å². The van der Waals surface area contributed by atoms with Gasteiger partial charge >= 0.3 is 7.60 Å². The number of hydrogen-bond acceptors (Lipinski definition) is 7. The molecule has 1 atom stereocenters. The van der Waals surface area contributed by atoms with Crippen LogP contribution in [-0.4, -0.2) is 17.0 Å². The minimum Gasteiger partial charge on any atom is -0.424 e. The summed E-state index contributed by atoms with van der Waals surface area (Å²) in [5, 5.41) is 21.2. The fraction of sp³-hybridized carbons (Fsp3) is 0.143. The summed E-state index contributed by atoms with van der Waals surface area (Å²) in [6, 6.07) is 10.6. The van der Waals surface area contributed by atoms with Crippen molar-refractivity contribution < 1.29 is 23.5 Å². The van der Waals surface area contributed by atoms with Crippen LogP contribution < -0.4 is 4.52 Å². The largest absolute Gasteiger partial charge is 0.424 e. The predicted octanol–water partition coefficient (Wildman–Crippen LogP) is 3.92. The van der Waals surface area contributed by atoms with Crippen LogP contribution in [0.15, 0.2) is 48.5 Å². The Labute approximate surface area is 136 Å². The zero-order valence-corrected chi connectivity index (χ0v) is 13.4. The second-order valence-electron chi connectivity index (χ2n) is 4.72. The molecule has 2 aromatic carbocycles. The lowest BCUT2D eigenvalue weighted by Gasteiger charge is -2.17. The van der Waals surface area contributed by atoms with Crippen molar-refractivity contribution in [3.05, 3.63) is 74.3 Å². The molecule has 0 aromatic heterocycles. The van der Waals surface area contributed by atoms with Crippen LogP contribution in [0.1, 0.15) is 5.56 Å². The van der Waals surface area contributed by atoms with E-state index in [-0.39, 0.29) is 23.3 Å². The smallest absolute Gasteiger partial charge is 0.383 e. The van der Waals surface area contributed by atoms with Gasteiger partial charge in [-0.3, -0.25) is 20.2 Å². The van der Waals surface area contributed by atoms with Gasteiger partial charge in [0.2, 0.25) is 0 Å². The van der Waals surface area contributed by atoms with Crippen LogP contribution in [0.3, 0.4) is 0 Å². The molecular weight excluding hydrogens is 339 g/mol. The molecule has 0 saturated carbocycles. The molecule has 1 unspecified atom stereocenters. The topological polar surface area (TPSA) is 122 Å². The van der Waals surface area contributed by atoms with Gasteiger partial charge in [0, 0.05) is 31.4 Å². The van der Waals surface area contributed by atoms with E-state index in [1.807, 2.05) is 0 Å². The Hall–Kier alpha value is -2.77. The summed E-state index contributed by atoms with van der Waals surface area (Å²) < 4.78 is 23.0. The molecule has 0 aliphatic rings. The predicted molar refractivity (Wildman–Crippen MR) is 85.1 cm³/mol. The molecule has 24 heavy (non-hydrogen) atoms. The van der Waals surface area contributed by atoms with Gasteiger partial charge < -0.3 is 9.05 Å². The van der Waals surface area contributed by atoms with Crippen LogP contribution in [0.4, 0.5) is 11.4 Å². The zero-order valence-electron chi connectivity index (χ0n) is 12.5. The normalized spacial score (nSPS) is 13.0. The third kappa shape index (κ3) is 4.37. The van der Waals surface area contributed by atoms with Gasteiger partial charge in [-0.1, -0.05) is 12.1 Å². The van der Waals surface area contributed by atoms with E-state index in [9.17, 15) is 24.8 Å². The van der Waals surface area contributed by atoms with Crippen molar-refractivity contribution in [3.63, 3.8) is 0 Å². The number of benzene rings is 2. The first kappa shape index (κ1) is 17.6. The molecule has 0 N–H and O–H groups in total. The number of rotatable bonds is 7. The van der Waals surface area contributed by atoms with Crippen LogP contribution in [0.5, 0.6) is 5.75 Å². The van der Waals surface area contributed by atoms with Gasteiger partial charge in [0.05, 0.1) is 16.0 Å². The monoisotopic (exact) mass is 352 g/mol. The quantitative estimate of drug-likeness (QED) is 0.420. The molecule has 0 heterocycles. The maximum Gasteiger partial charge on any atom is 0.383 e. The molecule has 0 radical (unpaired) electrons. The van der Waals surface area contributed by atoms with Crippen LogP contribution in [0.25, 0.3) is 0 Å². The summed E-state index contributed by atoms with van der Waals surface area (Å²) in [4.78, 5) is 20.1. The lowest BCUT2D eigenvalue weighted by atomic mass is 10.2. The minimum atomic E-state index is -3.56. The zero-order chi connectivity index (χ0) is 17.7.